The van der Waals surface area contributed by atoms with E-state index in [0.717, 1.165) is 9.26 Å². The van der Waals surface area contributed by atoms with Gasteiger partial charge in [0.2, 0.25) is 0 Å². The molecule has 0 spiro atoms. The summed E-state index contributed by atoms with van der Waals surface area (Å²) in [6, 6.07) is 2.09. The van der Waals surface area contributed by atoms with Crippen LogP contribution in [0.15, 0.2) is 6.20 Å². The molecular formula is C6H6IN3. The van der Waals surface area contributed by atoms with Gasteiger partial charge >= 0.3 is 0 Å². The molecule has 1 rings (SSSR count). The van der Waals surface area contributed by atoms with Gasteiger partial charge in [0.15, 0.2) is 0 Å². The molecule has 0 saturated heterocycles. The highest BCUT2D eigenvalue weighted by molar-refractivity contribution is 14.1. The van der Waals surface area contributed by atoms with Crippen molar-refractivity contribution in [3.63, 3.8) is 0 Å². The Morgan fingerprint density at radius 2 is 2.60 bits per heavy atom. The second-order valence-corrected chi connectivity index (χ2v) is 3.06. The van der Waals surface area contributed by atoms with Crippen molar-refractivity contribution in [1.29, 1.82) is 5.26 Å². The first-order valence-electron chi connectivity index (χ1n) is 2.79. The Labute approximate surface area is 72.8 Å². The normalized spacial score (nSPS) is 9.30. The minimum absolute atomic E-state index is 0.439. The minimum atomic E-state index is 0.439. The molecule has 0 amide bonds. The van der Waals surface area contributed by atoms with Gasteiger partial charge in [0.1, 0.15) is 0 Å². The highest BCUT2D eigenvalue weighted by Crippen LogP contribution is 2.09. The molecule has 0 aliphatic rings. The number of halogens is 1. The van der Waals surface area contributed by atoms with Crippen molar-refractivity contribution in [3.8, 4) is 6.07 Å². The molecule has 3 nitrogen and oxygen atoms in total. The van der Waals surface area contributed by atoms with E-state index in [4.69, 9.17) is 5.26 Å². The first-order valence-corrected chi connectivity index (χ1v) is 3.87. The Morgan fingerprint density at radius 3 is 3.00 bits per heavy atom. The van der Waals surface area contributed by atoms with Crippen LogP contribution in [0.4, 0.5) is 0 Å². The van der Waals surface area contributed by atoms with Gasteiger partial charge in [-0.1, -0.05) is 0 Å². The predicted octanol–water partition coefficient (Wildman–Crippen LogP) is 1.09. The van der Waals surface area contributed by atoms with Crippen molar-refractivity contribution < 1.29 is 0 Å². The van der Waals surface area contributed by atoms with Crippen molar-refractivity contribution in [2.24, 2.45) is 7.05 Å². The largest absolute Gasteiger partial charge is 0.270 e. The van der Waals surface area contributed by atoms with E-state index in [1.54, 1.807) is 10.9 Å². The number of hydrogen-bond donors (Lipinski definition) is 0. The van der Waals surface area contributed by atoms with Gasteiger partial charge in [-0.3, -0.25) is 4.68 Å². The third kappa shape index (κ3) is 1.29. The summed E-state index contributed by atoms with van der Waals surface area (Å²) in [6.07, 6.45) is 2.20. The first kappa shape index (κ1) is 7.54. The monoisotopic (exact) mass is 247 g/mol. The molecule has 0 saturated carbocycles. The molecule has 0 fully saturated rings. The van der Waals surface area contributed by atoms with Crippen LogP contribution >= 0.6 is 22.6 Å². The van der Waals surface area contributed by atoms with Crippen LogP contribution in [-0.4, -0.2) is 9.78 Å². The minimum Gasteiger partial charge on any atom is -0.270 e. The summed E-state index contributed by atoms with van der Waals surface area (Å²) in [5, 5.41) is 12.4. The number of aryl methyl sites for hydroxylation is 1. The second kappa shape index (κ2) is 3.01. The first-order chi connectivity index (χ1) is 4.75. The fourth-order valence-electron chi connectivity index (χ4n) is 0.710. The van der Waals surface area contributed by atoms with Crippen LogP contribution in [0.5, 0.6) is 0 Å². The topological polar surface area (TPSA) is 41.6 Å². The molecule has 0 atom stereocenters. The second-order valence-electron chi connectivity index (χ2n) is 1.90. The van der Waals surface area contributed by atoms with Crippen molar-refractivity contribution in [2.45, 2.75) is 6.42 Å². The van der Waals surface area contributed by atoms with Gasteiger partial charge in [0.25, 0.3) is 0 Å². The van der Waals surface area contributed by atoms with Crippen LogP contribution in [0.2, 0.25) is 0 Å². The van der Waals surface area contributed by atoms with E-state index in [2.05, 4.69) is 33.8 Å². The van der Waals surface area contributed by atoms with Crippen LogP contribution in [0.25, 0.3) is 0 Å². The number of rotatable bonds is 1. The zero-order valence-corrected chi connectivity index (χ0v) is 7.66. The van der Waals surface area contributed by atoms with Crippen LogP contribution in [0, 0.1) is 14.9 Å². The lowest BCUT2D eigenvalue weighted by Crippen LogP contribution is -1.97. The number of nitriles is 1. The fourth-order valence-corrected chi connectivity index (χ4v) is 1.37. The summed E-state index contributed by atoms with van der Waals surface area (Å²) in [4.78, 5) is 0. The Kier molecular flexibility index (Phi) is 2.27. The highest BCUT2D eigenvalue weighted by Gasteiger charge is 2.02. The number of aromatic nitrogens is 2. The average Bonchev–Trinajstić information content (AvgIpc) is 2.20. The molecule has 0 bridgehead atoms. The maximum absolute atomic E-state index is 8.39. The number of hydrogen-bond acceptors (Lipinski definition) is 2. The van der Waals surface area contributed by atoms with E-state index >= 15 is 0 Å². The smallest absolute Gasteiger partial charge is 0.0782 e. The number of nitrogens with zero attached hydrogens (tertiary/aromatic N) is 3. The zero-order chi connectivity index (χ0) is 7.56. The lowest BCUT2D eigenvalue weighted by Gasteiger charge is -1.93. The molecule has 1 heterocycles. The fraction of sp³-hybridized carbons (Fsp3) is 0.333. The average molecular weight is 247 g/mol. The lowest BCUT2D eigenvalue weighted by molar-refractivity contribution is 0.728. The highest BCUT2D eigenvalue weighted by atomic mass is 127. The molecule has 1 aromatic rings. The van der Waals surface area contributed by atoms with Crippen molar-refractivity contribution in [3.05, 3.63) is 15.5 Å². The van der Waals surface area contributed by atoms with Gasteiger partial charge < -0.3 is 0 Å². The van der Waals surface area contributed by atoms with Gasteiger partial charge in [-0.15, -0.1) is 0 Å². The van der Waals surface area contributed by atoms with Crippen LogP contribution in [-0.2, 0) is 13.5 Å². The van der Waals surface area contributed by atoms with Gasteiger partial charge in [-0.2, -0.15) is 10.4 Å². The Balaban J connectivity index is 3.01. The Bertz CT molecular complexity index is 252. The molecule has 0 aliphatic heterocycles. The van der Waals surface area contributed by atoms with Crippen LogP contribution < -0.4 is 0 Å². The Hall–Kier alpha value is -0.570. The van der Waals surface area contributed by atoms with Crippen molar-refractivity contribution in [2.75, 3.05) is 0 Å². The van der Waals surface area contributed by atoms with Crippen molar-refractivity contribution >= 4 is 22.6 Å². The van der Waals surface area contributed by atoms with Crippen LogP contribution in [0.1, 0.15) is 5.69 Å². The summed E-state index contributed by atoms with van der Waals surface area (Å²) in [5.41, 5.74) is 0.989. The van der Waals surface area contributed by atoms with Crippen LogP contribution in [0.3, 0.4) is 0 Å². The third-order valence-corrected chi connectivity index (χ3v) is 2.16. The standard InChI is InChI=1S/C6H6IN3/c1-10-6(2-3-8)5(7)4-9-10/h4H,2H2,1H3. The van der Waals surface area contributed by atoms with E-state index in [1.165, 1.54) is 0 Å². The van der Waals surface area contributed by atoms with E-state index < -0.39 is 0 Å². The van der Waals surface area contributed by atoms with Crippen molar-refractivity contribution in [1.82, 2.24) is 9.78 Å². The van der Waals surface area contributed by atoms with Gasteiger partial charge in [0.05, 0.1) is 28.0 Å². The molecule has 0 aromatic carbocycles. The summed E-state index contributed by atoms with van der Waals surface area (Å²) in [6.45, 7) is 0. The van der Waals surface area contributed by atoms with Gasteiger partial charge in [-0.05, 0) is 22.6 Å². The maximum atomic E-state index is 8.39. The molecular weight excluding hydrogens is 241 g/mol. The van der Waals surface area contributed by atoms with Gasteiger partial charge in [0, 0.05) is 7.05 Å². The van der Waals surface area contributed by atoms with E-state index in [9.17, 15) is 0 Å². The third-order valence-electron chi connectivity index (χ3n) is 1.26. The maximum Gasteiger partial charge on any atom is 0.0782 e. The SMILES string of the molecule is Cn1ncc(I)c1CC#N. The lowest BCUT2D eigenvalue weighted by atomic mass is 10.3. The zero-order valence-electron chi connectivity index (χ0n) is 5.50. The van der Waals surface area contributed by atoms with E-state index in [0.29, 0.717) is 6.42 Å². The molecule has 4 heteroatoms. The molecule has 0 aliphatic carbocycles. The Morgan fingerprint density at radius 1 is 1.90 bits per heavy atom. The predicted molar refractivity (Wildman–Crippen MR) is 45.2 cm³/mol. The summed E-state index contributed by atoms with van der Waals surface area (Å²) < 4.78 is 2.78. The molecule has 0 N–H and O–H groups in total. The molecule has 10 heavy (non-hydrogen) atoms. The van der Waals surface area contributed by atoms with E-state index in [-0.39, 0.29) is 0 Å². The van der Waals surface area contributed by atoms with E-state index in [1.807, 2.05) is 7.05 Å². The summed E-state index contributed by atoms with van der Waals surface area (Å²) in [5.74, 6) is 0. The molecule has 0 unspecified atom stereocenters. The quantitative estimate of drug-likeness (QED) is 0.697. The summed E-state index contributed by atoms with van der Waals surface area (Å²) >= 11 is 2.17. The molecule has 1 aromatic heterocycles. The molecule has 0 radical (unpaired) electrons. The van der Waals surface area contributed by atoms with Gasteiger partial charge in [-0.25, -0.2) is 0 Å². The molecule has 52 valence electrons. The summed E-state index contributed by atoms with van der Waals surface area (Å²) in [7, 11) is 1.84.